The van der Waals surface area contributed by atoms with Crippen molar-refractivity contribution in [2.75, 3.05) is 26.2 Å². The molecular weight excluding hydrogens is 236 g/mol. The standard InChI is InChI=1S/C15H28N4/c1-14(2)12-18-9-4-15(5-10-18)17-6-3-8-19-11-7-16-13-19/h7,11,13-15,17H,3-6,8-10,12H2,1-2H3. The summed E-state index contributed by atoms with van der Waals surface area (Å²) in [7, 11) is 0. The van der Waals surface area contributed by atoms with Crippen LogP contribution in [0, 0.1) is 5.92 Å². The highest BCUT2D eigenvalue weighted by Gasteiger charge is 2.18. The molecule has 0 atom stereocenters. The molecule has 0 amide bonds. The molecule has 1 fully saturated rings. The molecule has 1 aromatic heterocycles. The van der Waals surface area contributed by atoms with Crippen LogP contribution in [0.15, 0.2) is 18.7 Å². The van der Waals surface area contributed by atoms with Crippen LogP contribution < -0.4 is 5.32 Å². The zero-order valence-corrected chi connectivity index (χ0v) is 12.4. The third kappa shape index (κ3) is 5.33. The van der Waals surface area contributed by atoms with Crippen LogP contribution in [-0.2, 0) is 6.54 Å². The molecule has 0 radical (unpaired) electrons. The Bertz CT molecular complexity index is 326. The lowest BCUT2D eigenvalue weighted by atomic mass is 10.0. The third-order valence-corrected chi connectivity index (χ3v) is 3.80. The maximum Gasteiger partial charge on any atom is 0.0945 e. The Hall–Kier alpha value is -0.870. The van der Waals surface area contributed by atoms with Gasteiger partial charge in [-0.05, 0) is 44.8 Å². The molecule has 1 aliphatic heterocycles. The first-order valence-corrected chi connectivity index (χ1v) is 7.65. The lowest BCUT2D eigenvalue weighted by Crippen LogP contribution is -2.43. The molecule has 108 valence electrons. The van der Waals surface area contributed by atoms with Crippen LogP contribution in [-0.4, -0.2) is 46.7 Å². The second kappa shape index (κ2) is 7.65. The van der Waals surface area contributed by atoms with Crippen molar-refractivity contribution in [2.24, 2.45) is 5.92 Å². The number of aromatic nitrogens is 2. The Morgan fingerprint density at radius 3 is 2.74 bits per heavy atom. The predicted octanol–water partition coefficient (Wildman–Crippen LogP) is 1.98. The van der Waals surface area contributed by atoms with Crippen molar-refractivity contribution in [3.05, 3.63) is 18.7 Å². The number of hydrogen-bond acceptors (Lipinski definition) is 3. The summed E-state index contributed by atoms with van der Waals surface area (Å²) in [5.41, 5.74) is 0. The van der Waals surface area contributed by atoms with E-state index >= 15 is 0 Å². The van der Waals surface area contributed by atoms with Crippen molar-refractivity contribution >= 4 is 0 Å². The SMILES string of the molecule is CC(C)CN1CCC(NCCCn2ccnc2)CC1. The highest BCUT2D eigenvalue weighted by atomic mass is 15.1. The van der Waals surface area contributed by atoms with Crippen LogP contribution in [0.3, 0.4) is 0 Å². The Kier molecular flexibility index (Phi) is 5.86. The maximum absolute atomic E-state index is 4.06. The zero-order chi connectivity index (χ0) is 13.5. The van der Waals surface area contributed by atoms with Crippen LogP contribution in [0.1, 0.15) is 33.1 Å². The van der Waals surface area contributed by atoms with Gasteiger partial charge in [0.05, 0.1) is 6.33 Å². The third-order valence-electron chi connectivity index (χ3n) is 3.80. The number of aryl methyl sites for hydroxylation is 1. The van der Waals surface area contributed by atoms with E-state index in [1.54, 1.807) is 0 Å². The summed E-state index contributed by atoms with van der Waals surface area (Å²) in [5.74, 6) is 0.791. The molecule has 0 aliphatic carbocycles. The average Bonchev–Trinajstić information content (AvgIpc) is 2.89. The number of rotatable bonds is 7. The lowest BCUT2D eigenvalue weighted by Gasteiger charge is -2.33. The first-order chi connectivity index (χ1) is 9.24. The van der Waals surface area contributed by atoms with Gasteiger partial charge < -0.3 is 14.8 Å². The summed E-state index contributed by atoms with van der Waals surface area (Å²) in [5, 5.41) is 3.70. The van der Waals surface area contributed by atoms with Crippen molar-refractivity contribution in [1.82, 2.24) is 19.8 Å². The Morgan fingerprint density at radius 1 is 1.32 bits per heavy atom. The van der Waals surface area contributed by atoms with Crippen molar-refractivity contribution in [2.45, 2.75) is 45.7 Å². The van der Waals surface area contributed by atoms with E-state index in [9.17, 15) is 0 Å². The number of imidazole rings is 1. The monoisotopic (exact) mass is 264 g/mol. The first kappa shape index (κ1) is 14.5. The molecule has 4 nitrogen and oxygen atoms in total. The van der Waals surface area contributed by atoms with Crippen LogP contribution in [0.5, 0.6) is 0 Å². The van der Waals surface area contributed by atoms with Gasteiger partial charge in [-0.25, -0.2) is 4.98 Å². The number of likely N-dealkylation sites (tertiary alicyclic amines) is 1. The van der Waals surface area contributed by atoms with Crippen molar-refractivity contribution in [3.8, 4) is 0 Å². The summed E-state index contributed by atoms with van der Waals surface area (Å²) < 4.78 is 2.15. The fraction of sp³-hybridized carbons (Fsp3) is 0.800. The highest BCUT2D eigenvalue weighted by Crippen LogP contribution is 2.12. The van der Waals surface area contributed by atoms with Crippen molar-refractivity contribution in [3.63, 3.8) is 0 Å². The minimum atomic E-state index is 0.728. The molecule has 0 aromatic carbocycles. The van der Waals surface area contributed by atoms with E-state index in [1.807, 2.05) is 18.7 Å². The summed E-state index contributed by atoms with van der Waals surface area (Å²) in [6.07, 6.45) is 9.56. The Labute approximate surface area is 117 Å². The largest absolute Gasteiger partial charge is 0.337 e. The van der Waals surface area contributed by atoms with Gasteiger partial charge in [0.25, 0.3) is 0 Å². The predicted molar refractivity (Wildman–Crippen MR) is 79.1 cm³/mol. The van der Waals surface area contributed by atoms with E-state index < -0.39 is 0 Å². The smallest absolute Gasteiger partial charge is 0.0945 e. The minimum Gasteiger partial charge on any atom is -0.337 e. The van der Waals surface area contributed by atoms with E-state index in [4.69, 9.17) is 0 Å². The molecular formula is C15H28N4. The lowest BCUT2D eigenvalue weighted by molar-refractivity contribution is 0.180. The quantitative estimate of drug-likeness (QED) is 0.765. The fourth-order valence-corrected chi connectivity index (χ4v) is 2.82. The average molecular weight is 264 g/mol. The van der Waals surface area contributed by atoms with E-state index in [0.717, 1.165) is 25.0 Å². The molecule has 4 heteroatoms. The highest BCUT2D eigenvalue weighted by molar-refractivity contribution is 4.78. The van der Waals surface area contributed by atoms with Gasteiger partial charge in [0.1, 0.15) is 0 Å². The summed E-state index contributed by atoms with van der Waals surface area (Å²) in [4.78, 5) is 6.67. The van der Waals surface area contributed by atoms with Gasteiger partial charge in [-0.1, -0.05) is 13.8 Å². The molecule has 0 bridgehead atoms. The number of nitrogens with zero attached hydrogens (tertiary/aromatic N) is 3. The van der Waals surface area contributed by atoms with Gasteiger partial charge in [-0.2, -0.15) is 0 Å². The van der Waals surface area contributed by atoms with Crippen LogP contribution in [0.2, 0.25) is 0 Å². The molecule has 1 aromatic rings. The minimum absolute atomic E-state index is 0.728. The Morgan fingerprint density at radius 2 is 2.11 bits per heavy atom. The van der Waals surface area contributed by atoms with Crippen molar-refractivity contribution < 1.29 is 0 Å². The van der Waals surface area contributed by atoms with Gasteiger partial charge in [-0.15, -0.1) is 0 Å². The number of hydrogen-bond donors (Lipinski definition) is 1. The zero-order valence-electron chi connectivity index (χ0n) is 12.4. The van der Waals surface area contributed by atoms with E-state index in [1.165, 1.54) is 38.9 Å². The van der Waals surface area contributed by atoms with Crippen LogP contribution in [0.4, 0.5) is 0 Å². The van der Waals surface area contributed by atoms with E-state index in [-0.39, 0.29) is 0 Å². The Balaban J connectivity index is 1.53. The summed E-state index contributed by atoms with van der Waals surface area (Å²) in [6.45, 7) is 10.6. The summed E-state index contributed by atoms with van der Waals surface area (Å²) >= 11 is 0. The molecule has 19 heavy (non-hydrogen) atoms. The second-order valence-electron chi connectivity index (χ2n) is 6.08. The van der Waals surface area contributed by atoms with Gasteiger partial charge in [0.15, 0.2) is 0 Å². The molecule has 2 heterocycles. The van der Waals surface area contributed by atoms with Gasteiger partial charge >= 0.3 is 0 Å². The maximum atomic E-state index is 4.06. The van der Waals surface area contributed by atoms with Crippen LogP contribution >= 0.6 is 0 Å². The number of nitrogens with one attached hydrogen (secondary N) is 1. The normalized spacial score (nSPS) is 18.3. The molecule has 0 spiro atoms. The van der Waals surface area contributed by atoms with E-state index in [2.05, 4.69) is 33.6 Å². The molecule has 0 unspecified atom stereocenters. The van der Waals surface area contributed by atoms with Crippen LogP contribution in [0.25, 0.3) is 0 Å². The van der Waals surface area contributed by atoms with Gasteiger partial charge in [0.2, 0.25) is 0 Å². The second-order valence-corrected chi connectivity index (χ2v) is 6.08. The van der Waals surface area contributed by atoms with E-state index in [0.29, 0.717) is 0 Å². The molecule has 0 saturated carbocycles. The topological polar surface area (TPSA) is 33.1 Å². The van der Waals surface area contributed by atoms with Crippen molar-refractivity contribution in [1.29, 1.82) is 0 Å². The van der Waals surface area contributed by atoms with Gasteiger partial charge in [-0.3, -0.25) is 0 Å². The summed E-state index contributed by atoms with van der Waals surface area (Å²) in [6, 6.07) is 0.728. The van der Waals surface area contributed by atoms with Gasteiger partial charge in [0, 0.05) is 31.5 Å². The fourth-order valence-electron chi connectivity index (χ4n) is 2.82. The molecule has 1 saturated heterocycles. The molecule has 2 rings (SSSR count). The molecule has 1 aliphatic rings. The number of piperidine rings is 1. The molecule has 1 N–H and O–H groups in total. The first-order valence-electron chi connectivity index (χ1n) is 7.65.